The molecule has 0 fully saturated rings. The van der Waals surface area contributed by atoms with Crippen LogP contribution >= 0.6 is 0 Å². The van der Waals surface area contributed by atoms with Gasteiger partial charge in [0.25, 0.3) is 0 Å². The van der Waals surface area contributed by atoms with Crippen LogP contribution in [0.2, 0.25) is 0 Å². The summed E-state index contributed by atoms with van der Waals surface area (Å²) < 4.78 is 25.7. The zero-order chi connectivity index (χ0) is 10.6. The molecule has 72 valence electrons. The third kappa shape index (κ3) is 2.30. The molecule has 2 N–H and O–H groups in total. The molecule has 0 radical (unpaired) electrons. The van der Waals surface area contributed by atoms with E-state index in [1.165, 1.54) is 18.2 Å². The third-order valence-corrected chi connectivity index (χ3v) is 1.62. The number of hydrogen-bond acceptors (Lipinski definition) is 2. The van der Waals surface area contributed by atoms with Gasteiger partial charge >= 0.3 is 0 Å². The SMILES string of the molecule is N#CCC=Cc1cc(N)c(F)cc1F. The fourth-order valence-corrected chi connectivity index (χ4v) is 0.950. The first-order valence-corrected chi connectivity index (χ1v) is 3.93. The number of allylic oxidation sites excluding steroid dienone is 1. The predicted octanol–water partition coefficient (Wildman–Crippen LogP) is 2.47. The van der Waals surface area contributed by atoms with Crippen molar-refractivity contribution < 1.29 is 8.78 Å². The van der Waals surface area contributed by atoms with Gasteiger partial charge in [0.05, 0.1) is 18.2 Å². The van der Waals surface area contributed by atoms with Crippen molar-refractivity contribution in [3.05, 3.63) is 35.4 Å². The summed E-state index contributed by atoms with van der Waals surface area (Å²) in [5.41, 5.74) is 5.32. The standard InChI is InChI=1S/C10H8F2N2/c11-8-6-9(12)10(14)5-7(8)3-1-2-4-13/h1,3,5-6H,2,14H2. The lowest BCUT2D eigenvalue weighted by molar-refractivity contribution is 0.584. The summed E-state index contributed by atoms with van der Waals surface area (Å²) in [5, 5.41) is 8.23. The highest BCUT2D eigenvalue weighted by atomic mass is 19.1. The van der Waals surface area contributed by atoms with Gasteiger partial charge in [0.1, 0.15) is 11.6 Å². The van der Waals surface area contributed by atoms with Crippen LogP contribution in [-0.2, 0) is 0 Å². The second-order valence-corrected chi connectivity index (χ2v) is 2.66. The van der Waals surface area contributed by atoms with Gasteiger partial charge in [-0.1, -0.05) is 12.2 Å². The van der Waals surface area contributed by atoms with Crippen molar-refractivity contribution in [2.75, 3.05) is 5.73 Å². The van der Waals surface area contributed by atoms with Crippen LogP contribution in [-0.4, -0.2) is 0 Å². The Morgan fingerprint density at radius 1 is 1.36 bits per heavy atom. The highest BCUT2D eigenvalue weighted by Crippen LogP contribution is 2.17. The Morgan fingerprint density at radius 3 is 2.71 bits per heavy atom. The van der Waals surface area contributed by atoms with Crippen molar-refractivity contribution in [3.63, 3.8) is 0 Å². The average Bonchev–Trinajstić information content (AvgIpc) is 2.14. The summed E-state index contributed by atoms with van der Waals surface area (Å²) in [5.74, 6) is -1.47. The highest BCUT2D eigenvalue weighted by Gasteiger charge is 2.04. The maximum absolute atomic E-state index is 13.0. The number of halogens is 2. The van der Waals surface area contributed by atoms with E-state index in [9.17, 15) is 8.78 Å². The lowest BCUT2D eigenvalue weighted by Gasteiger charge is -2.00. The van der Waals surface area contributed by atoms with Crippen LogP contribution < -0.4 is 5.73 Å². The molecule has 0 aliphatic rings. The molecular weight excluding hydrogens is 186 g/mol. The van der Waals surface area contributed by atoms with E-state index in [-0.39, 0.29) is 17.7 Å². The number of nitriles is 1. The van der Waals surface area contributed by atoms with Gasteiger partial charge in [0.15, 0.2) is 0 Å². The average molecular weight is 194 g/mol. The Balaban J connectivity index is 2.99. The second kappa shape index (κ2) is 4.38. The third-order valence-electron chi connectivity index (χ3n) is 1.62. The van der Waals surface area contributed by atoms with E-state index in [0.29, 0.717) is 0 Å². The molecule has 1 aromatic rings. The monoisotopic (exact) mass is 194 g/mol. The summed E-state index contributed by atoms with van der Waals surface area (Å²) in [6.45, 7) is 0. The number of nitrogens with zero attached hydrogens (tertiary/aromatic N) is 1. The van der Waals surface area contributed by atoms with Crippen molar-refractivity contribution in [1.82, 2.24) is 0 Å². The van der Waals surface area contributed by atoms with Gasteiger partial charge in [-0.25, -0.2) is 8.78 Å². The van der Waals surface area contributed by atoms with Crippen LogP contribution in [0.5, 0.6) is 0 Å². The molecule has 4 heteroatoms. The molecule has 0 heterocycles. The molecule has 0 saturated heterocycles. The van der Waals surface area contributed by atoms with Crippen LogP contribution in [0.3, 0.4) is 0 Å². The number of rotatable bonds is 2. The van der Waals surface area contributed by atoms with E-state index in [4.69, 9.17) is 11.0 Å². The van der Waals surface area contributed by atoms with Crippen LogP contribution in [0, 0.1) is 23.0 Å². The molecule has 1 aromatic carbocycles. The number of anilines is 1. The van der Waals surface area contributed by atoms with Crippen LogP contribution in [0.25, 0.3) is 6.08 Å². The molecule has 0 atom stereocenters. The molecule has 0 bridgehead atoms. The van der Waals surface area contributed by atoms with Crippen molar-refractivity contribution in [1.29, 1.82) is 5.26 Å². The van der Waals surface area contributed by atoms with Gasteiger partial charge in [-0.2, -0.15) is 5.26 Å². The van der Waals surface area contributed by atoms with Crippen LogP contribution in [0.1, 0.15) is 12.0 Å². The van der Waals surface area contributed by atoms with Gasteiger partial charge in [-0.05, 0) is 6.07 Å². The fourth-order valence-electron chi connectivity index (χ4n) is 0.950. The van der Waals surface area contributed by atoms with E-state index in [0.717, 1.165) is 6.07 Å². The first-order chi connectivity index (χ1) is 6.65. The molecule has 0 unspecified atom stereocenters. The smallest absolute Gasteiger partial charge is 0.149 e. The maximum atomic E-state index is 13.0. The Bertz CT molecular complexity index is 405. The quantitative estimate of drug-likeness (QED) is 0.735. The topological polar surface area (TPSA) is 49.8 Å². The van der Waals surface area contributed by atoms with Gasteiger partial charge in [0, 0.05) is 11.6 Å². The predicted molar refractivity (Wildman–Crippen MR) is 50.0 cm³/mol. The molecular formula is C10H8F2N2. The molecule has 0 aliphatic heterocycles. The normalized spacial score (nSPS) is 10.4. The molecule has 1 rings (SSSR count). The number of nitrogens with two attached hydrogens (primary N) is 1. The van der Waals surface area contributed by atoms with E-state index in [2.05, 4.69) is 0 Å². The Morgan fingerprint density at radius 2 is 2.07 bits per heavy atom. The van der Waals surface area contributed by atoms with Crippen molar-refractivity contribution in [3.8, 4) is 6.07 Å². The van der Waals surface area contributed by atoms with Crippen molar-refractivity contribution in [2.24, 2.45) is 0 Å². The first-order valence-electron chi connectivity index (χ1n) is 3.93. The van der Waals surface area contributed by atoms with Crippen LogP contribution in [0.4, 0.5) is 14.5 Å². The van der Waals surface area contributed by atoms with Crippen molar-refractivity contribution in [2.45, 2.75) is 6.42 Å². The lowest BCUT2D eigenvalue weighted by Crippen LogP contribution is -1.93. The van der Waals surface area contributed by atoms with Crippen LogP contribution in [0.15, 0.2) is 18.2 Å². The van der Waals surface area contributed by atoms with Gasteiger partial charge < -0.3 is 5.73 Å². The van der Waals surface area contributed by atoms with Gasteiger partial charge in [-0.15, -0.1) is 0 Å². The van der Waals surface area contributed by atoms with E-state index in [1.54, 1.807) is 0 Å². The van der Waals surface area contributed by atoms with E-state index >= 15 is 0 Å². The number of hydrogen-bond donors (Lipinski definition) is 1. The van der Waals surface area contributed by atoms with E-state index in [1.807, 2.05) is 6.07 Å². The van der Waals surface area contributed by atoms with Gasteiger partial charge in [-0.3, -0.25) is 0 Å². The molecule has 2 nitrogen and oxygen atoms in total. The Hall–Kier alpha value is -1.89. The number of nitrogen functional groups attached to an aromatic ring is 1. The highest BCUT2D eigenvalue weighted by molar-refractivity contribution is 5.57. The minimum Gasteiger partial charge on any atom is -0.396 e. The molecule has 14 heavy (non-hydrogen) atoms. The summed E-state index contributed by atoms with van der Waals surface area (Å²) in [6, 6.07) is 3.79. The van der Waals surface area contributed by atoms with Crippen molar-refractivity contribution >= 4 is 11.8 Å². The summed E-state index contributed by atoms with van der Waals surface area (Å²) in [6.07, 6.45) is 3.06. The summed E-state index contributed by atoms with van der Waals surface area (Å²) >= 11 is 0. The molecule has 0 amide bonds. The van der Waals surface area contributed by atoms with Gasteiger partial charge in [0.2, 0.25) is 0 Å². The number of benzene rings is 1. The summed E-state index contributed by atoms with van der Waals surface area (Å²) in [4.78, 5) is 0. The molecule has 0 aromatic heterocycles. The Labute approximate surface area is 80.3 Å². The zero-order valence-electron chi connectivity index (χ0n) is 7.30. The summed E-state index contributed by atoms with van der Waals surface area (Å²) in [7, 11) is 0. The first kappa shape index (κ1) is 10.2. The fraction of sp³-hybridized carbons (Fsp3) is 0.100. The minimum absolute atomic E-state index is 0.108. The largest absolute Gasteiger partial charge is 0.396 e. The second-order valence-electron chi connectivity index (χ2n) is 2.66. The maximum Gasteiger partial charge on any atom is 0.149 e. The lowest BCUT2D eigenvalue weighted by atomic mass is 10.1. The molecule has 0 aliphatic carbocycles. The molecule has 0 saturated carbocycles. The van der Waals surface area contributed by atoms with E-state index < -0.39 is 11.6 Å². The zero-order valence-corrected chi connectivity index (χ0v) is 7.30. The minimum atomic E-state index is -0.778. The molecule has 0 spiro atoms. The Kier molecular flexibility index (Phi) is 3.19.